The van der Waals surface area contributed by atoms with Crippen molar-refractivity contribution in [3.05, 3.63) is 28.5 Å². The fourth-order valence-corrected chi connectivity index (χ4v) is 3.10. The fourth-order valence-electron chi connectivity index (χ4n) is 2.56. The Bertz CT molecular complexity index is 622. The molecule has 0 aliphatic carbocycles. The Balaban J connectivity index is 1.77. The standard InChI is InChI=1S/C14H17BrFN5/c1-17-10-4-6-21(7-5-10)14-18-13(19-20-14)11-3-2-9(16)8-12(11)15/h2-3,8,10,17H,4-7H2,1H3,(H,18,19,20). The number of piperidine rings is 1. The Labute approximate surface area is 131 Å². The zero-order valence-corrected chi connectivity index (χ0v) is 13.3. The van der Waals surface area contributed by atoms with Gasteiger partial charge in [0.25, 0.3) is 0 Å². The highest BCUT2D eigenvalue weighted by Gasteiger charge is 2.21. The second-order valence-corrected chi connectivity index (χ2v) is 6.01. The zero-order chi connectivity index (χ0) is 14.8. The van der Waals surface area contributed by atoms with Crippen molar-refractivity contribution < 1.29 is 4.39 Å². The van der Waals surface area contributed by atoms with Crippen molar-refractivity contribution in [2.75, 3.05) is 25.0 Å². The molecule has 2 heterocycles. The lowest BCUT2D eigenvalue weighted by Crippen LogP contribution is -2.41. The van der Waals surface area contributed by atoms with E-state index in [9.17, 15) is 4.39 Å². The summed E-state index contributed by atoms with van der Waals surface area (Å²) < 4.78 is 13.8. The Hall–Kier alpha value is -1.47. The van der Waals surface area contributed by atoms with Crippen LogP contribution >= 0.6 is 15.9 Å². The number of nitrogens with one attached hydrogen (secondary N) is 2. The topological polar surface area (TPSA) is 56.8 Å². The van der Waals surface area contributed by atoms with Crippen molar-refractivity contribution in [3.63, 3.8) is 0 Å². The van der Waals surface area contributed by atoms with Crippen LogP contribution in [0.2, 0.25) is 0 Å². The van der Waals surface area contributed by atoms with Gasteiger partial charge >= 0.3 is 0 Å². The summed E-state index contributed by atoms with van der Waals surface area (Å²) in [6, 6.07) is 5.11. The van der Waals surface area contributed by atoms with Gasteiger partial charge in [0, 0.05) is 29.2 Å². The van der Waals surface area contributed by atoms with Gasteiger partial charge in [-0.05, 0) is 54.0 Å². The average Bonchev–Trinajstić information content (AvgIpc) is 2.97. The van der Waals surface area contributed by atoms with Gasteiger partial charge in [-0.25, -0.2) is 4.39 Å². The number of hydrogen-bond acceptors (Lipinski definition) is 4. The predicted molar refractivity (Wildman–Crippen MR) is 83.8 cm³/mol. The Morgan fingerprint density at radius 1 is 1.38 bits per heavy atom. The largest absolute Gasteiger partial charge is 0.339 e. The van der Waals surface area contributed by atoms with Crippen LogP contribution in [0.15, 0.2) is 22.7 Å². The minimum absolute atomic E-state index is 0.278. The van der Waals surface area contributed by atoms with E-state index >= 15 is 0 Å². The Morgan fingerprint density at radius 3 is 2.81 bits per heavy atom. The summed E-state index contributed by atoms with van der Waals surface area (Å²) >= 11 is 3.36. The highest BCUT2D eigenvalue weighted by Crippen LogP contribution is 2.27. The first kappa shape index (κ1) is 14.5. The second-order valence-electron chi connectivity index (χ2n) is 5.16. The number of halogens is 2. The molecule has 7 heteroatoms. The molecule has 1 saturated heterocycles. The van der Waals surface area contributed by atoms with Gasteiger partial charge in [0.05, 0.1) is 0 Å². The highest BCUT2D eigenvalue weighted by molar-refractivity contribution is 9.10. The van der Waals surface area contributed by atoms with Gasteiger partial charge < -0.3 is 10.2 Å². The van der Waals surface area contributed by atoms with Crippen LogP contribution in [0.1, 0.15) is 12.8 Å². The molecule has 1 aliphatic rings. The van der Waals surface area contributed by atoms with E-state index in [2.05, 4.69) is 41.3 Å². The van der Waals surface area contributed by atoms with Gasteiger partial charge in [-0.2, -0.15) is 4.98 Å². The van der Waals surface area contributed by atoms with Crippen LogP contribution in [0.4, 0.5) is 10.3 Å². The highest BCUT2D eigenvalue weighted by atomic mass is 79.9. The van der Waals surface area contributed by atoms with Crippen LogP contribution in [-0.4, -0.2) is 41.4 Å². The van der Waals surface area contributed by atoms with Crippen LogP contribution in [0, 0.1) is 5.82 Å². The summed E-state index contributed by atoms with van der Waals surface area (Å²) in [7, 11) is 2.00. The molecule has 1 aromatic carbocycles. The van der Waals surface area contributed by atoms with Gasteiger partial charge in [0.2, 0.25) is 5.95 Å². The first-order valence-electron chi connectivity index (χ1n) is 6.97. The molecule has 3 rings (SSSR count). The van der Waals surface area contributed by atoms with E-state index in [4.69, 9.17) is 0 Å². The maximum atomic E-state index is 13.1. The number of benzene rings is 1. The summed E-state index contributed by atoms with van der Waals surface area (Å²) in [5, 5.41) is 10.5. The lowest BCUT2D eigenvalue weighted by atomic mass is 10.1. The van der Waals surface area contributed by atoms with Crippen molar-refractivity contribution in [2.24, 2.45) is 0 Å². The summed E-state index contributed by atoms with van der Waals surface area (Å²) in [6.45, 7) is 1.88. The molecule has 0 unspecified atom stereocenters. The molecule has 1 aliphatic heterocycles. The SMILES string of the molecule is CNC1CCN(c2n[nH]c(-c3ccc(F)cc3Br)n2)CC1. The first-order chi connectivity index (χ1) is 10.2. The number of anilines is 1. The van der Waals surface area contributed by atoms with Crippen molar-refractivity contribution in [1.29, 1.82) is 0 Å². The van der Waals surface area contributed by atoms with Gasteiger partial charge in [0.15, 0.2) is 5.82 Å². The lowest BCUT2D eigenvalue weighted by Gasteiger charge is -2.30. The van der Waals surface area contributed by atoms with Crippen LogP contribution in [-0.2, 0) is 0 Å². The molecule has 0 spiro atoms. The Kier molecular flexibility index (Phi) is 4.21. The summed E-state index contributed by atoms with van der Waals surface area (Å²) in [5.74, 6) is 1.07. The van der Waals surface area contributed by atoms with Crippen molar-refractivity contribution in [2.45, 2.75) is 18.9 Å². The van der Waals surface area contributed by atoms with Gasteiger partial charge in [-0.1, -0.05) is 0 Å². The van der Waals surface area contributed by atoms with E-state index < -0.39 is 0 Å². The lowest BCUT2D eigenvalue weighted by molar-refractivity contribution is 0.439. The molecule has 0 radical (unpaired) electrons. The number of nitrogens with zero attached hydrogens (tertiary/aromatic N) is 3. The normalized spacial score (nSPS) is 16.4. The molecule has 21 heavy (non-hydrogen) atoms. The molecule has 2 N–H and O–H groups in total. The molecular formula is C14H17BrFN5. The maximum Gasteiger partial charge on any atom is 0.245 e. The van der Waals surface area contributed by atoms with E-state index in [1.165, 1.54) is 12.1 Å². The summed E-state index contributed by atoms with van der Waals surface area (Å²) in [4.78, 5) is 6.70. The maximum absolute atomic E-state index is 13.1. The van der Waals surface area contributed by atoms with E-state index in [0.717, 1.165) is 31.5 Å². The van der Waals surface area contributed by atoms with E-state index in [-0.39, 0.29) is 5.82 Å². The molecule has 1 fully saturated rings. The molecule has 0 amide bonds. The quantitative estimate of drug-likeness (QED) is 0.890. The number of H-pyrrole nitrogens is 1. The van der Waals surface area contributed by atoms with E-state index in [1.807, 2.05) is 7.05 Å². The Morgan fingerprint density at radius 2 is 2.14 bits per heavy atom. The number of hydrogen-bond donors (Lipinski definition) is 2. The molecular weight excluding hydrogens is 337 g/mol. The minimum atomic E-state index is -0.278. The van der Waals surface area contributed by atoms with E-state index in [0.29, 0.717) is 22.3 Å². The smallest absolute Gasteiger partial charge is 0.245 e. The van der Waals surface area contributed by atoms with Crippen molar-refractivity contribution >= 4 is 21.9 Å². The third-order valence-corrected chi connectivity index (χ3v) is 4.50. The monoisotopic (exact) mass is 353 g/mol. The molecule has 0 saturated carbocycles. The van der Waals surface area contributed by atoms with Gasteiger partial charge in [-0.15, -0.1) is 5.10 Å². The van der Waals surface area contributed by atoms with Gasteiger partial charge in [-0.3, -0.25) is 5.10 Å². The third-order valence-electron chi connectivity index (χ3n) is 3.85. The van der Waals surface area contributed by atoms with Gasteiger partial charge in [0.1, 0.15) is 5.82 Å². The molecule has 1 aromatic heterocycles. The molecule has 112 valence electrons. The minimum Gasteiger partial charge on any atom is -0.339 e. The second kappa shape index (κ2) is 6.11. The summed E-state index contributed by atoms with van der Waals surface area (Å²) in [6.07, 6.45) is 2.17. The fraction of sp³-hybridized carbons (Fsp3) is 0.429. The molecule has 2 aromatic rings. The zero-order valence-electron chi connectivity index (χ0n) is 11.7. The average molecular weight is 354 g/mol. The van der Waals surface area contributed by atoms with E-state index in [1.54, 1.807) is 6.07 Å². The van der Waals surface area contributed by atoms with Crippen LogP contribution in [0.3, 0.4) is 0 Å². The molecule has 5 nitrogen and oxygen atoms in total. The third kappa shape index (κ3) is 3.08. The number of rotatable bonds is 3. The van der Waals surface area contributed by atoms with Crippen molar-refractivity contribution in [1.82, 2.24) is 20.5 Å². The molecule has 0 bridgehead atoms. The van der Waals surface area contributed by atoms with Crippen LogP contribution in [0.25, 0.3) is 11.4 Å². The first-order valence-corrected chi connectivity index (χ1v) is 7.76. The van der Waals surface area contributed by atoms with Crippen LogP contribution in [0.5, 0.6) is 0 Å². The summed E-state index contributed by atoms with van der Waals surface area (Å²) in [5.41, 5.74) is 0.806. The number of aromatic amines is 1. The predicted octanol–water partition coefficient (Wildman–Crippen LogP) is 2.56. The molecule has 0 atom stereocenters. The number of aromatic nitrogens is 3. The van der Waals surface area contributed by atoms with Crippen LogP contribution < -0.4 is 10.2 Å². The van der Waals surface area contributed by atoms with Crippen molar-refractivity contribution in [3.8, 4) is 11.4 Å².